The molecule has 1 aliphatic heterocycles. The van der Waals surface area contributed by atoms with Crippen LogP contribution in [0.1, 0.15) is 35.2 Å². The molecule has 0 bridgehead atoms. The first-order valence-corrected chi connectivity index (χ1v) is 6.19. The zero-order valence-corrected chi connectivity index (χ0v) is 10.5. The van der Waals surface area contributed by atoms with Crippen molar-refractivity contribution in [3.05, 3.63) is 29.1 Å². The van der Waals surface area contributed by atoms with Crippen molar-refractivity contribution in [3.63, 3.8) is 0 Å². The van der Waals surface area contributed by atoms with E-state index in [1.165, 1.54) is 18.6 Å². The molecule has 0 radical (unpaired) electrons. The Morgan fingerprint density at radius 3 is 2.61 bits per heavy atom. The van der Waals surface area contributed by atoms with Crippen LogP contribution in [0.4, 0.5) is 10.1 Å². The van der Waals surface area contributed by atoms with Crippen molar-refractivity contribution in [1.82, 2.24) is 10.4 Å². The van der Waals surface area contributed by atoms with Gasteiger partial charge in [0.05, 0.1) is 0 Å². The zero-order valence-electron chi connectivity index (χ0n) is 10.5. The van der Waals surface area contributed by atoms with Crippen LogP contribution in [0.2, 0.25) is 0 Å². The van der Waals surface area contributed by atoms with Gasteiger partial charge in [-0.25, -0.2) is 9.40 Å². The predicted molar refractivity (Wildman–Crippen MR) is 68.4 cm³/mol. The largest absolute Gasteiger partial charge is 0.398 e. The Kier molecular flexibility index (Phi) is 3.81. The molecular weight excluding hydrogens is 233 g/mol. The van der Waals surface area contributed by atoms with Gasteiger partial charge in [0.25, 0.3) is 5.91 Å². The summed E-state index contributed by atoms with van der Waals surface area (Å²) in [6.07, 6.45) is 3.34. The lowest BCUT2D eigenvalue weighted by atomic mass is 10.1. The highest BCUT2D eigenvalue weighted by Gasteiger charge is 2.15. The maximum Gasteiger partial charge on any atom is 0.265 e. The second kappa shape index (κ2) is 5.35. The summed E-state index contributed by atoms with van der Waals surface area (Å²) in [4.78, 5) is 12.0. The molecule has 4 nitrogen and oxygen atoms in total. The van der Waals surface area contributed by atoms with Gasteiger partial charge in [0, 0.05) is 29.9 Å². The third-order valence-electron chi connectivity index (χ3n) is 3.26. The highest BCUT2D eigenvalue weighted by Crippen LogP contribution is 2.17. The number of halogens is 1. The van der Waals surface area contributed by atoms with E-state index in [0.717, 1.165) is 25.9 Å². The van der Waals surface area contributed by atoms with Crippen LogP contribution in [0.3, 0.4) is 0 Å². The van der Waals surface area contributed by atoms with Crippen LogP contribution < -0.4 is 11.2 Å². The predicted octanol–water partition coefficient (Wildman–Crippen LogP) is 1.85. The zero-order chi connectivity index (χ0) is 13.1. The number of hydrazine groups is 1. The van der Waals surface area contributed by atoms with Gasteiger partial charge in [-0.1, -0.05) is 6.42 Å². The SMILES string of the molecule is Cc1c(N)cc(C(=O)NN2CCCCC2)cc1F. The van der Waals surface area contributed by atoms with Crippen molar-refractivity contribution in [2.24, 2.45) is 0 Å². The lowest BCUT2D eigenvalue weighted by molar-refractivity contribution is 0.0749. The number of nitrogen functional groups attached to an aromatic ring is 1. The number of nitrogens with zero attached hydrogens (tertiary/aromatic N) is 1. The summed E-state index contributed by atoms with van der Waals surface area (Å²) in [5.74, 6) is -0.749. The summed E-state index contributed by atoms with van der Waals surface area (Å²) in [5.41, 5.74) is 9.39. The van der Waals surface area contributed by atoms with Crippen molar-refractivity contribution in [2.75, 3.05) is 18.8 Å². The van der Waals surface area contributed by atoms with Gasteiger partial charge in [0.15, 0.2) is 0 Å². The maximum absolute atomic E-state index is 13.5. The summed E-state index contributed by atoms with van der Waals surface area (Å²) in [7, 11) is 0. The van der Waals surface area contributed by atoms with Gasteiger partial charge in [0.2, 0.25) is 0 Å². The van der Waals surface area contributed by atoms with Crippen LogP contribution in [0.15, 0.2) is 12.1 Å². The van der Waals surface area contributed by atoms with Gasteiger partial charge < -0.3 is 5.73 Å². The molecule has 5 heteroatoms. The summed E-state index contributed by atoms with van der Waals surface area (Å²) < 4.78 is 13.5. The van der Waals surface area contributed by atoms with Gasteiger partial charge in [-0.05, 0) is 31.9 Å². The molecule has 18 heavy (non-hydrogen) atoms. The molecule has 98 valence electrons. The first-order chi connectivity index (χ1) is 8.58. The third-order valence-corrected chi connectivity index (χ3v) is 3.26. The molecule has 2 rings (SSSR count). The fraction of sp³-hybridized carbons (Fsp3) is 0.462. The monoisotopic (exact) mass is 251 g/mol. The third kappa shape index (κ3) is 2.79. The minimum atomic E-state index is -0.446. The number of anilines is 1. The van der Waals surface area contributed by atoms with Crippen LogP contribution in [-0.2, 0) is 0 Å². The number of benzene rings is 1. The molecule has 1 saturated heterocycles. The Labute approximate surface area is 106 Å². The van der Waals surface area contributed by atoms with E-state index in [1.807, 2.05) is 5.01 Å². The fourth-order valence-corrected chi connectivity index (χ4v) is 2.05. The lowest BCUT2D eigenvalue weighted by Gasteiger charge is -2.26. The van der Waals surface area contributed by atoms with E-state index >= 15 is 0 Å². The Hall–Kier alpha value is -1.62. The topological polar surface area (TPSA) is 58.4 Å². The molecule has 0 aliphatic carbocycles. The van der Waals surface area contributed by atoms with Gasteiger partial charge >= 0.3 is 0 Å². The number of amides is 1. The standard InChI is InChI=1S/C13H18FN3O/c1-9-11(14)7-10(8-12(9)15)13(18)16-17-5-3-2-4-6-17/h7-8H,2-6,15H2,1H3,(H,16,18). The van der Waals surface area contributed by atoms with E-state index in [0.29, 0.717) is 11.3 Å². The smallest absolute Gasteiger partial charge is 0.265 e. The average molecular weight is 251 g/mol. The second-order valence-electron chi connectivity index (χ2n) is 4.66. The quantitative estimate of drug-likeness (QED) is 0.789. The van der Waals surface area contributed by atoms with Crippen molar-refractivity contribution >= 4 is 11.6 Å². The molecule has 1 fully saturated rings. The summed E-state index contributed by atoms with van der Waals surface area (Å²) in [6.45, 7) is 3.28. The summed E-state index contributed by atoms with van der Waals surface area (Å²) >= 11 is 0. The van der Waals surface area contributed by atoms with Gasteiger partial charge in [-0.3, -0.25) is 10.2 Å². The van der Waals surface area contributed by atoms with Crippen molar-refractivity contribution in [1.29, 1.82) is 0 Å². The molecule has 0 atom stereocenters. The number of piperidine rings is 1. The molecule has 1 heterocycles. The van der Waals surface area contributed by atoms with Crippen LogP contribution in [-0.4, -0.2) is 24.0 Å². The molecular formula is C13H18FN3O. The van der Waals surface area contributed by atoms with Gasteiger partial charge in [-0.2, -0.15) is 0 Å². The first kappa shape index (κ1) is 12.8. The first-order valence-electron chi connectivity index (χ1n) is 6.19. The summed E-state index contributed by atoms with van der Waals surface area (Å²) in [5, 5.41) is 1.87. The van der Waals surface area contributed by atoms with E-state index in [9.17, 15) is 9.18 Å². The molecule has 1 amide bonds. The van der Waals surface area contributed by atoms with Crippen LogP contribution in [0.25, 0.3) is 0 Å². The van der Waals surface area contributed by atoms with E-state index in [-0.39, 0.29) is 11.5 Å². The molecule has 1 aromatic rings. The number of hydrogen-bond acceptors (Lipinski definition) is 3. The van der Waals surface area contributed by atoms with Crippen LogP contribution in [0, 0.1) is 12.7 Å². The minimum absolute atomic E-state index is 0.265. The average Bonchev–Trinajstić information content (AvgIpc) is 2.36. The van der Waals surface area contributed by atoms with E-state index < -0.39 is 5.82 Å². The number of rotatable bonds is 2. The number of carbonyl (C=O) groups excluding carboxylic acids is 1. The Bertz CT molecular complexity index is 433. The molecule has 1 aliphatic rings. The summed E-state index contributed by atoms with van der Waals surface area (Å²) in [6, 6.07) is 2.74. The van der Waals surface area contributed by atoms with Crippen molar-refractivity contribution in [3.8, 4) is 0 Å². The second-order valence-corrected chi connectivity index (χ2v) is 4.66. The molecule has 0 unspecified atom stereocenters. The Morgan fingerprint density at radius 2 is 2.00 bits per heavy atom. The van der Waals surface area contributed by atoms with Crippen molar-refractivity contribution < 1.29 is 9.18 Å². The van der Waals surface area contributed by atoms with E-state index in [2.05, 4.69) is 5.43 Å². The number of nitrogens with two attached hydrogens (primary N) is 1. The number of carbonyl (C=O) groups is 1. The molecule has 0 saturated carbocycles. The highest BCUT2D eigenvalue weighted by molar-refractivity contribution is 5.94. The van der Waals surface area contributed by atoms with Crippen LogP contribution in [0.5, 0.6) is 0 Å². The number of nitrogens with one attached hydrogen (secondary N) is 1. The maximum atomic E-state index is 13.5. The molecule has 0 aromatic heterocycles. The lowest BCUT2D eigenvalue weighted by Crippen LogP contribution is -2.45. The van der Waals surface area contributed by atoms with Gasteiger partial charge in [-0.15, -0.1) is 0 Å². The number of hydrogen-bond donors (Lipinski definition) is 2. The minimum Gasteiger partial charge on any atom is -0.398 e. The molecule has 3 N–H and O–H groups in total. The van der Waals surface area contributed by atoms with Gasteiger partial charge in [0.1, 0.15) is 5.82 Å². The molecule has 1 aromatic carbocycles. The normalized spacial score (nSPS) is 16.6. The molecule has 0 spiro atoms. The van der Waals surface area contributed by atoms with Crippen molar-refractivity contribution in [2.45, 2.75) is 26.2 Å². The fourth-order valence-electron chi connectivity index (χ4n) is 2.05. The Balaban J connectivity index is 2.08. The highest BCUT2D eigenvalue weighted by atomic mass is 19.1. The van der Waals surface area contributed by atoms with Crippen LogP contribution >= 0.6 is 0 Å². The van der Waals surface area contributed by atoms with E-state index in [4.69, 9.17) is 5.73 Å². The van der Waals surface area contributed by atoms with E-state index in [1.54, 1.807) is 6.92 Å². The Morgan fingerprint density at radius 1 is 1.33 bits per heavy atom.